The molecule has 152 valence electrons. The molecule has 0 radical (unpaired) electrons. The average Bonchev–Trinajstić information content (AvgIpc) is 2.69. The third-order valence-electron chi connectivity index (χ3n) is 4.46. The molecule has 0 saturated carbocycles. The predicted octanol–water partition coefficient (Wildman–Crippen LogP) is 4.06. The van der Waals surface area contributed by atoms with E-state index in [1.54, 1.807) is 25.3 Å². The molecule has 0 amide bonds. The van der Waals surface area contributed by atoms with Gasteiger partial charge < -0.3 is 18.9 Å². The first-order valence-electron chi connectivity index (χ1n) is 9.38. The van der Waals surface area contributed by atoms with Crippen LogP contribution in [0.25, 0.3) is 6.08 Å². The molecule has 6 nitrogen and oxygen atoms in total. The lowest BCUT2D eigenvalue weighted by atomic mass is 10.1. The van der Waals surface area contributed by atoms with Gasteiger partial charge >= 0.3 is 11.9 Å². The zero-order valence-electron chi connectivity index (χ0n) is 17.0. The lowest BCUT2D eigenvalue weighted by Crippen LogP contribution is -2.41. The second-order valence-corrected chi connectivity index (χ2v) is 7.09. The minimum absolute atomic E-state index is 0.156. The first kappa shape index (κ1) is 20.5. The summed E-state index contributed by atoms with van der Waals surface area (Å²) < 4.78 is 21.5. The topological polar surface area (TPSA) is 71.1 Å². The summed E-state index contributed by atoms with van der Waals surface area (Å²) in [6.45, 7) is 5.39. The molecular weight excluding hydrogens is 372 g/mol. The minimum Gasteiger partial charge on any atom is -0.496 e. The van der Waals surface area contributed by atoms with Crippen molar-refractivity contribution in [3.63, 3.8) is 0 Å². The zero-order chi connectivity index (χ0) is 21.0. The molecule has 0 N–H and O–H groups in total. The van der Waals surface area contributed by atoms with Gasteiger partial charge in [0.2, 0.25) is 0 Å². The number of hydrogen-bond donors (Lipinski definition) is 0. The maximum atomic E-state index is 12.2. The van der Waals surface area contributed by atoms with E-state index in [1.807, 2.05) is 24.3 Å². The smallest absolute Gasteiger partial charge is 0.348 e. The Morgan fingerprint density at radius 2 is 1.66 bits per heavy atom. The van der Waals surface area contributed by atoms with Gasteiger partial charge in [-0.05, 0) is 47.9 Å². The number of rotatable bonds is 6. The number of hydrogen-bond acceptors (Lipinski definition) is 6. The van der Waals surface area contributed by atoms with Crippen LogP contribution >= 0.6 is 0 Å². The standard InChI is InChI=1S/C23H24O6/c1-5-15-6-9-18(10-7-15)27-14-17-12-16(8-11-20(17)26-4)13-19-21(24)28-23(2,3)29-22(19)25/h6-13H,5,14H2,1-4H3. The quantitative estimate of drug-likeness (QED) is 0.417. The summed E-state index contributed by atoms with van der Waals surface area (Å²) in [6, 6.07) is 13.2. The van der Waals surface area contributed by atoms with Crippen LogP contribution in [0.15, 0.2) is 48.0 Å². The fourth-order valence-electron chi connectivity index (χ4n) is 2.93. The summed E-state index contributed by atoms with van der Waals surface area (Å²) in [5, 5.41) is 0. The molecular formula is C23H24O6. The van der Waals surface area contributed by atoms with Gasteiger partial charge in [0, 0.05) is 19.4 Å². The monoisotopic (exact) mass is 396 g/mol. The summed E-state index contributed by atoms with van der Waals surface area (Å²) in [4.78, 5) is 24.3. The molecule has 29 heavy (non-hydrogen) atoms. The van der Waals surface area contributed by atoms with Gasteiger partial charge in [0.15, 0.2) is 0 Å². The Hall–Kier alpha value is -3.28. The maximum absolute atomic E-state index is 12.2. The van der Waals surface area contributed by atoms with E-state index in [-0.39, 0.29) is 12.2 Å². The lowest BCUT2D eigenvalue weighted by Gasteiger charge is -2.29. The summed E-state index contributed by atoms with van der Waals surface area (Å²) in [6.07, 6.45) is 2.41. The van der Waals surface area contributed by atoms with E-state index in [1.165, 1.54) is 25.5 Å². The molecule has 0 spiro atoms. The van der Waals surface area contributed by atoms with Gasteiger partial charge in [-0.2, -0.15) is 0 Å². The van der Waals surface area contributed by atoms with Crippen LogP contribution in [0.1, 0.15) is 37.5 Å². The Balaban J connectivity index is 1.81. The third-order valence-corrected chi connectivity index (χ3v) is 4.46. The Morgan fingerprint density at radius 3 is 2.24 bits per heavy atom. The van der Waals surface area contributed by atoms with Crippen LogP contribution in [0.3, 0.4) is 0 Å². The molecule has 6 heteroatoms. The van der Waals surface area contributed by atoms with Gasteiger partial charge in [-0.15, -0.1) is 0 Å². The van der Waals surface area contributed by atoms with Crippen molar-refractivity contribution in [2.24, 2.45) is 0 Å². The fraction of sp³-hybridized carbons (Fsp3) is 0.304. The first-order chi connectivity index (χ1) is 13.8. The molecule has 0 bridgehead atoms. The first-order valence-corrected chi connectivity index (χ1v) is 9.38. The fourth-order valence-corrected chi connectivity index (χ4v) is 2.93. The highest BCUT2D eigenvalue weighted by atomic mass is 16.7. The molecule has 0 aromatic heterocycles. The summed E-state index contributed by atoms with van der Waals surface area (Å²) in [7, 11) is 1.57. The van der Waals surface area contributed by atoms with E-state index in [0.29, 0.717) is 11.3 Å². The molecule has 1 fully saturated rings. The van der Waals surface area contributed by atoms with Gasteiger partial charge in [-0.1, -0.05) is 25.1 Å². The predicted molar refractivity (Wildman–Crippen MR) is 107 cm³/mol. The largest absolute Gasteiger partial charge is 0.496 e. The highest BCUT2D eigenvalue weighted by Crippen LogP contribution is 2.27. The van der Waals surface area contributed by atoms with E-state index >= 15 is 0 Å². The Labute approximate surface area is 170 Å². The molecule has 1 aliphatic heterocycles. The number of cyclic esters (lactones) is 2. The number of methoxy groups -OCH3 is 1. The van der Waals surface area contributed by atoms with Crippen molar-refractivity contribution in [2.75, 3.05) is 7.11 Å². The van der Waals surface area contributed by atoms with Gasteiger partial charge in [0.25, 0.3) is 5.79 Å². The van der Waals surface area contributed by atoms with Crippen LogP contribution in [0.5, 0.6) is 11.5 Å². The van der Waals surface area contributed by atoms with Crippen LogP contribution in [0.4, 0.5) is 0 Å². The number of carbonyl (C=O) groups excluding carboxylic acids is 2. The zero-order valence-corrected chi connectivity index (χ0v) is 17.0. The maximum Gasteiger partial charge on any atom is 0.348 e. The normalized spacial score (nSPS) is 15.4. The van der Waals surface area contributed by atoms with Gasteiger partial charge in [0.1, 0.15) is 23.7 Å². The van der Waals surface area contributed by atoms with Gasteiger partial charge in [-0.3, -0.25) is 0 Å². The number of esters is 2. The van der Waals surface area contributed by atoms with Crippen LogP contribution in [0, 0.1) is 0 Å². The van der Waals surface area contributed by atoms with E-state index in [9.17, 15) is 9.59 Å². The van der Waals surface area contributed by atoms with Crippen LogP contribution < -0.4 is 9.47 Å². The van der Waals surface area contributed by atoms with Crippen molar-refractivity contribution >= 4 is 18.0 Å². The van der Waals surface area contributed by atoms with Crippen molar-refractivity contribution in [3.05, 3.63) is 64.7 Å². The van der Waals surface area contributed by atoms with Crippen molar-refractivity contribution in [1.82, 2.24) is 0 Å². The molecule has 0 atom stereocenters. The number of benzene rings is 2. The second kappa shape index (κ2) is 8.39. The lowest BCUT2D eigenvalue weighted by molar-refractivity contribution is -0.222. The summed E-state index contributed by atoms with van der Waals surface area (Å²) in [5.41, 5.74) is 2.49. The number of aryl methyl sites for hydroxylation is 1. The highest BCUT2D eigenvalue weighted by molar-refractivity contribution is 6.18. The molecule has 3 rings (SSSR count). The van der Waals surface area contributed by atoms with E-state index < -0.39 is 17.7 Å². The second-order valence-electron chi connectivity index (χ2n) is 7.09. The van der Waals surface area contributed by atoms with Gasteiger partial charge in [0.05, 0.1) is 7.11 Å². The Morgan fingerprint density at radius 1 is 1.00 bits per heavy atom. The van der Waals surface area contributed by atoms with Crippen molar-refractivity contribution in [1.29, 1.82) is 0 Å². The highest BCUT2D eigenvalue weighted by Gasteiger charge is 2.38. The third kappa shape index (κ3) is 4.96. The SMILES string of the molecule is CCc1ccc(OCc2cc(C=C3C(=O)OC(C)(C)OC3=O)ccc2OC)cc1. The number of carbonyl (C=O) groups is 2. The molecule has 1 saturated heterocycles. The molecule has 0 aliphatic carbocycles. The summed E-state index contributed by atoms with van der Waals surface area (Å²) in [5.74, 6) is -1.30. The molecule has 1 aliphatic rings. The van der Waals surface area contributed by atoms with Crippen molar-refractivity contribution < 1.29 is 28.5 Å². The van der Waals surface area contributed by atoms with Gasteiger partial charge in [-0.25, -0.2) is 9.59 Å². The molecule has 0 unspecified atom stereocenters. The molecule has 1 heterocycles. The van der Waals surface area contributed by atoms with Crippen LogP contribution in [-0.2, 0) is 32.1 Å². The van der Waals surface area contributed by atoms with E-state index in [4.69, 9.17) is 18.9 Å². The van der Waals surface area contributed by atoms with E-state index in [0.717, 1.165) is 17.7 Å². The Kier molecular flexibility index (Phi) is 5.92. The molecule has 2 aromatic carbocycles. The molecule has 2 aromatic rings. The van der Waals surface area contributed by atoms with E-state index in [2.05, 4.69) is 6.92 Å². The van der Waals surface area contributed by atoms with Crippen LogP contribution in [-0.4, -0.2) is 24.8 Å². The van der Waals surface area contributed by atoms with Crippen LogP contribution in [0.2, 0.25) is 0 Å². The number of ether oxygens (including phenoxy) is 4. The van der Waals surface area contributed by atoms with Crippen molar-refractivity contribution in [2.45, 2.75) is 39.6 Å². The van der Waals surface area contributed by atoms with Crippen molar-refractivity contribution in [3.8, 4) is 11.5 Å². The average molecular weight is 396 g/mol. The Bertz CT molecular complexity index is 918. The summed E-state index contributed by atoms with van der Waals surface area (Å²) >= 11 is 0. The minimum atomic E-state index is -1.27.